The van der Waals surface area contributed by atoms with Crippen LogP contribution in [-0.4, -0.2) is 51.9 Å². The van der Waals surface area contributed by atoms with Gasteiger partial charge in [0.2, 0.25) is 5.91 Å². The van der Waals surface area contributed by atoms with Crippen LogP contribution in [0.5, 0.6) is 5.75 Å². The van der Waals surface area contributed by atoms with E-state index in [1.165, 1.54) is 8.61 Å². The number of carbonyl (C=O) groups is 1. The Hall–Kier alpha value is -1.80. The minimum atomic E-state index is -3.69. The highest BCUT2D eigenvalue weighted by Gasteiger charge is 2.35. The van der Waals surface area contributed by atoms with Crippen LogP contribution in [0.4, 0.5) is 5.69 Å². The number of hydrogen-bond acceptors (Lipinski definition) is 4. The van der Waals surface area contributed by atoms with Crippen molar-refractivity contribution in [3.63, 3.8) is 0 Å². The molecule has 146 valence electrons. The van der Waals surface area contributed by atoms with Crippen LogP contribution >= 0.6 is 0 Å². The molecule has 8 heteroatoms. The lowest BCUT2D eigenvalue weighted by Gasteiger charge is -2.35. The number of methoxy groups -OCH3 is 1. The number of nitrogens with zero attached hydrogens (tertiary/aromatic N) is 2. The lowest BCUT2D eigenvalue weighted by atomic mass is 9.99. The molecule has 0 aliphatic carbocycles. The van der Waals surface area contributed by atoms with Crippen LogP contribution in [0.1, 0.15) is 33.1 Å². The van der Waals surface area contributed by atoms with Crippen molar-refractivity contribution in [1.29, 1.82) is 0 Å². The monoisotopic (exact) mass is 383 g/mol. The summed E-state index contributed by atoms with van der Waals surface area (Å²) in [6.07, 6.45) is 2.27. The quantitative estimate of drug-likeness (QED) is 0.745. The number of ether oxygens (including phenoxy) is 1. The largest absolute Gasteiger partial charge is 0.497 e. The number of anilines is 1. The Balaban J connectivity index is 2.16. The lowest BCUT2D eigenvalue weighted by molar-refractivity contribution is -0.126. The van der Waals surface area contributed by atoms with Crippen molar-refractivity contribution in [3.05, 3.63) is 24.3 Å². The van der Waals surface area contributed by atoms with Crippen LogP contribution in [0.15, 0.2) is 24.3 Å². The van der Waals surface area contributed by atoms with Crippen molar-refractivity contribution < 1.29 is 17.9 Å². The summed E-state index contributed by atoms with van der Waals surface area (Å²) in [6, 6.07) is 6.94. The van der Waals surface area contributed by atoms with Crippen LogP contribution < -0.4 is 14.4 Å². The summed E-state index contributed by atoms with van der Waals surface area (Å²) in [7, 11) is -2.12. The number of rotatable bonds is 8. The summed E-state index contributed by atoms with van der Waals surface area (Å²) in [5, 5.41) is 2.87. The molecule has 1 fully saturated rings. The van der Waals surface area contributed by atoms with Crippen LogP contribution in [0.3, 0.4) is 0 Å². The summed E-state index contributed by atoms with van der Waals surface area (Å²) in [6.45, 7) is 5.40. The molecule has 1 atom stereocenters. The van der Waals surface area contributed by atoms with Crippen LogP contribution in [-0.2, 0) is 15.0 Å². The van der Waals surface area contributed by atoms with Crippen LogP contribution in [0.25, 0.3) is 0 Å². The van der Waals surface area contributed by atoms with E-state index in [0.29, 0.717) is 37.5 Å². The molecule has 0 aromatic heterocycles. The van der Waals surface area contributed by atoms with Gasteiger partial charge in [0.25, 0.3) is 0 Å². The van der Waals surface area contributed by atoms with E-state index in [9.17, 15) is 13.2 Å². The highest BCUT2D eigenvalue weighted by Crippen LogP contribution is 2.26. The standard InChI is InChI=1S/C18H29N3O4S/c1-4-12-19-18(22)15-7-6-13-20(14-15)26(23,24)21(5-2)16-8-10-17(25-3)11-9-16/h8-11,15H,4-7,12-14H2,1-3H3,(H,19,22)/t15-/m1/s1. The number of hydrogen-bond donors (Lipinski definition) is 1. The third kappa shape index (κ3) is 4.67. The molecule has 0 bridgehead atoms. The predicted octanol–water partition coefficient (Wildman–Crippen LogP) is 2.00. The molecule has 0 unspecified atom stereocenters. The topological polar surface area (TPSA) is 79.0 Å². The second kappa shape index (κ2) is 9.23. The maximum atomic E-state index is 13.1. The van der Waals surface area contributed by atoms with E-state index in [4.69, 9.17) is 4.74 Å². The molecule has 2 rings (SSSR count). The van der Waals surface area contributed by atoms with E-state index >= 15 is 0 Å². The van der Waals surface area contributed by atoms with Gasteiger partial charge in [0, 0.05) is 26.2 Å². The first-order chi connectivity index (χ1) is 12.4. The molecule has 1 amide bonds. The predicted molar refractivity (Wildman–Crippen MR) is 103 cm³/mol. The summed E-state index contributed by atoms with van der Waals surface area (Å²) in [5.41, 5.74) is 0.589. The molecular weight excluding hydrogens is 354 g/mol. The number of carbonyl (C=O) groups excluding carboxylic acids is 1. The Kier molecular flexibility index (Phi) is 7.28. The minimum Gasteiger partial charge on any atom is -0.497 e. The minimum absolute atomic E-state index is 0.0563. The Labute approximate surface area is 156 Å². The molecule has 0 saturated carbocycles. The normalized spacial score (nSPS) is 18.3. The molecule has 1 aliphatic heterocycles. The van der Waals surface area contributed by atoms with E-state index in [-0.39, 0.29) is 18.4 Å². The van der Waals surface area contributed by atoms with E-state index in [1.54, 1.807) is 38.3 Å². The van der Waals surface area contributed by atoms with Gasteiger partial charge < -0.3 is 10.1 Å². The third-order valence-corrected chi connectivity index (χ3v) is 6.57. The zero-order chi connectivity index (χ0) is 19.2. The molecule has 1 aromatic rings. The first kappa shape index (κ1) is 20.5. The van der Waals surface area contributed by atoms with Gasteiger partial charge in [-0.25, -0.2) is 0 Å². The fraction of sp³-hybridized carbons (Fsp3) is 0.611. The Morgan fingerprint density at radius 3 is 2.58 bits per heavy atom. The van der Waals surface area contributed by atoms with Crippen molar-refractivity contribution in [2.24, 2.45) is 5.92 Å². The molecule has 1 N–H and O–H groups in total. The number of benzene rings is 1. The smallest absolute Gasteiger partial charge is 0.304 e. The zero-order valence-electron chi connectivity index (χ0n) is 15.8. The summed E-state index contributed by atoms with van der Waals surface area (Å²) in [4.78, 5) is 12.2. The maximum Gasteiger partial charge on any atom is 0.304 e. The third-order valence-electron chi connectivity index (χ3n) is 4.56. The van der Waals surface area contributed by atoms with Crippen molar-refractivity contribution >= 4 is 21.8 Å². The SMILES string of the molecule is CCCNC(=O)[C@@H]1CCCN(S(=O)(=O)N(CC)c2ccc(OC)cc2)C1. The van der Waals surface area contributed by atoms with E-state index in [0.717, 1.165) is 12.8 Å². The van der Waals surface area contributed by atoms with Crippen LogP contribution in [0, 0.1) is 5.92 Å². The van der Waals surface area contributed by atoms with Crippen molar-refractivity contribution in [2.75, 3.05) is 37.6 Å². The molecule has 7 nitrogen and oxygen atoms in total. The average Bonchev–Trinajstić information content (AvgIpc) is 2.67. The first-order valence-electron chi connectivity index (χ1n) is 9.13. The summed E-state index contributed by atoms with van der Waals surface area (Å²) >= 11 is 0. The highest BCUT2D eigenvalue weighted by atomic mass is 32.2. The number of amides is 1. The van der Waals surface area contributed by atoms with Gasteiger partial charge in [-0.05, 0) is 50.5 Å². The second-order valence-corrected chi connectivity index (χ2v) is 8.21. The summed E-state index contributed by atoms with van der Waals surface area (Å²) < 4.78 is 34.2. The van der Waals surface area contributed by atoms with Gasteiger partial charge in [-0.2, -0.15) is 12.7 Å². The van der Waals surface area contributed by atoms with Crippen molar-refractivity contribution in [2.45, 2.75) is 33.1 Å². The van der Waals surface area contributed by atoms with Gasteiger partial charge in [0.1, 0.15) is 5.75 Å². The van der Waals surface area contributed by atoms with E-state index < -0.39 is 10.2 Å². The van der Waals surface area contributed by atoms with Gasteiger partial charge >= 0.3 is 10.2 Å². The van der Waals surface area contributed by atoms with Gasteiger partial charge in [0.15, 0.2) is 0 Å². The van der Waals surface area contributed by atoms with E-state index in [1.807, 2.05) is 6.92 Å². The number of piperidine rings is 1. The Morgan fingerprint density at radius 2 is 2.00 bits per heavy atom. The fourth-order valence-corrected chi connectivity index (χ4v) is 4.85. The average molecular weight is 384 g/mol. The van der Waals surface area contributed by atoms with Gasteiger partial charge in [-0.1, -0.05) is 6.92 Å². The van der Waals surface area contributed by atoms with Crippen LogP contribution in [0.2, 0.25) is 0 Å². The number of nitrogens with one attached hydrogen (secondary N) is 1. The lowest BCUT2D eigenvalue weighted by Crippen LogP contribution is -2.50. The fourth-order valence-electron chi connectivity index (χ4n) is 3.13. The van der Waals surface area contributed by atoms with Crippen molar-refractivity contribution in [3.8, 4) is 5.75 Å². The van der Waals surface area contributed by atoms with E-state index in [2.05, 4.69) is 5.32 Å². The summed E-state index contributed by atoms with van der Waals surface area (Å²) in [5.74, 6) is 0.326. The molecule has 0 spiro atoms. The molecule has 1 saturated heterocycles. The van der Waals surface area contributed by atoms with Gasteiger partial charge in [-0.3, -0.25) is 9.10 Å². The Bertz CT molecular complexity index is 691. The van der Waals surface area contributed by atoms with Crippen molar-refractivity contribution in [1.82, 2.24) is 9.62 Å². The molecule has 1 aliphatic rings. The molecular formula is C18H29N3O4S. The molecule has 26 heavy (non-hydrogen) atoms. The Morgan fingerprint density at radius 1 is 1.31 bits per heavy atom. The van der Waals surface area contributed by atoms with Gasteiger partial charge in [0.05, 0.1) is 18.7 Å². The molecule has 1 aromatic carbocycles. The molecule has 0 radical (unpaired) electrons. The highest BCUT2D eigenvalue weighted by molar-refractivity contribution is 7.90. The second-order valence-electron chi connectivity index (χ2n) is 6.36. The zero-order valence-corrected chi connectivity index (χ0v) is 16.6. The molecule has 1 heterocycles. The van der Waals surface area contributed by atoms with Gasteiger partial charge in [-0.15, -0.1) is 0 Å². The maximum absolute atomic E-state index is 13.1. The first-order valence-corrected chi connectivity index (χ1v) is 10.5.